The lowest BCUT2D eigenvalue weighted by molar-refractivity contribution is -0.345. The maximum Gasteiger partial charge on any atom is 0.194 e. The van der Waals surface area contributed by atoms with E-state index in [1.165, 1.54) is 0 Å². The largest absolute Gasteiger partial charge is 0.388 e. The van der Waals surface area contributed by atoms with Crippen LogP contribution in [0, 0.1) is 0 Å². The van der Waals surface area contributed by atoms with Gasteiger partial charge in [-0.25, -0.2) is 0 Å². The molecule has 0 radical (unpaired) electrons. The molecule has 1 spiro atoms. The van der Waals surface area contributed by atoms with Gasteiger partial charge >= 0.3 is 0 Å². The summed E-state index contributed by atoms with van der Waals surface area (Å²) in [4.78, 5) is 0. The Hall–Kier alpha value is -0.120. The highest BCUT2D eigenvalue weighted by Gasteiger charge is 2.47. The average molecular weight is 200 g/mol. The molecule has 0 aromatic rings. The van der Waals surface area contributed by atoms with Crippen LogP contribution < -0.4 is 0 Å². The number of aliphatic hydroxyl groups is 1. The summed E-state index contributed by atoms with van der Waals surface area (Å²) in [5, 5.41) is 9.97. The van der Waals surface area contributed by atoms with E-state index in [2.05, 4.69) is 13.8 Å². The summed E-state index contributed by atoms with van der Waals surface area (Å²) in [7, 11) is 0. The highest BCUT2D eigenvalue weighted by Crippen LogP contribution is 2.39. The summed E-state index contributed by atoms with van der Waals surface area (Å²) in [5.41, 5.74) is 0. The quantitative estimate of drug-likeness (QED) is 0.648. The molecule has 3 nitrogen and oxygen atoms in total. The number of aliphatic hydroxyl groups excluding tert-OH is 1. The van der Waals surface area contributed by atoms with Crippen LogP contribution in [0.2, 0.25) is 0 Å². The first-order valence-corrected chi connectivity index (χ1v) is 5.66. The third-order valence-corrected chi connectivity index (χ3v) is 3.29. The van der Waals surface area contributed by atoms with Crippen molar-refractivity contribution >= 4 is 0 Å². The van der Waals surface area contributed by atoms with Crippen molar-refractivity contribution in [2.75, 3.05) is 0 Å². The third kappa shape index (κ3) is 1.81. The molecular weight excluding hydrogens is 180 g/mol. The first-order chi connectivity index (χ1) is 6.62. The van der Waals surface area contributed by atoms with Crippen molar-refractivity contribution < 1.29 is 14.6 Å². The van der Waals surface area contributed by atoms with Crippen LogP contribution in [-0.2, 0) is 9.47 Å². The van der Waals surface area contributed by atoms with Crippen LogP contribution in [0.5, 0.6) is 0 Å². The van der Waals surface area contributed by atoms with Crippen molar-refractivity contribution in [2.45, 2.75) is 70.1 Å². The van der Waals surface area contributed by atoms with E-state index in [4.69, 9.17) is 9.47 Å². The Bertz CT molecular complexity index is 199. The molecule has 3 heteroatoms. The van der Waals surface area contributed by atoms with E-state index >= 15 is 0 Å². The lowest BCUT2D eigenvalue weighted by Gasteiger charge is -2.47. The molecule has 0 aromatic carbocycles. The Morgan fingerprint density at radius 1 is 1.07 bits per heavy atom. The second-order valence-corrected chi connectivity index (χ2v) is 4.65. The molecule has 0 aromatic heterocycles. The molecule has 82 valence electrons. The zero-order valence-electron chi connectivity index (χ0n) is 9.03. The third-order valence-electron chi connectivity index (χ3n) is 3.29. The molecule has 4 atom stereocenters. The molecule has 0 unspecified atom stereocenters. The van der Waals surface area contributed by atoms with Crippen molar-refractivity contribution in [2.24, 2.45) is 0 Å². The predicted molar refractivity (Wildman–Crippen MR) is 52.9 cm³/mol. The zero-order valence-corrected chi connectivity index (χ0v) is 9.03. The second-order valence-electron chi connectivity index (χ2n) is 4.65. The van der Waals surface area contributed by atoms with Gasteiger partial charge in [0.2, 0.25) is 0 Å². The molecule has 0 aliphatic carbocycles. The summed E-state index contributed by atoms with van der Waals surface area (Å²) >= 11 is 0. The van der Waals surface area contributed by atoms with Crippen molar-refractivity contribution in [3.63, 3.8) is 0 Å². The van der Waals surface area contributed by atoms with Gasteiger partial charge < -0.3 is 14.6 Å². The van der Waals surface area contributed by atoms with E-state index in [1.54, 1.807) is 0 Å². The maximum absolute atomic E-state index is 9.97. The van der Waals surface area contributed by atoms with E-state index in [-0.39, 0.29) is 12.2 Å². The van der Waals surface area contributed by atoms with Crippen molar-refractivity contribution in [3.05, 3.63) is 0 Å². The van der Waals surface area contributed by atoms with Gasteiger partial charge in [-0.3, -0.25) is 0 Å². The van der Waals surface area contributed by atoms with Crippen molar-refractivity contribution in [1.82, 2.24) is 0 Å². The summed E-state index contributed by atoms with van der Waals surface area (Å²) in [6.45, 7) is 4.10. The van der Waals surface area contributed by atoms with Gasteiger partial charge in [0.05, 0.1) is 12.2 Å². The minimum Gasteiger partial charge on any atom is -0.388 e. The average Bonchev–Trinajstić information content (AvgIpc) is 2.12. The van der Waals surface area contributed by atoms with E-state index < -0.39 is 11.9 Å². The van der Waals surface area contributed by atoms with Gasteiger partial charge in [0.1, 0.15) is 6.10 Å². The van der Waals surface area contributed by atoms with Crippen LogP contribution >= 0.6 is 0 Å². The first kappa shape index (κ1) is 10.4. The number of rotatable bonds is 0. The first-order valence-electron chi connectivity index (χ1n) is 5.66. The molecule has 2 fully saturated rings. The zero-order chi connectivity index (χ0) is 10.2. The van der Waals surface area contributed by atoms with Crippen LogP contribution in [0.3, 0.4) is 0 Å². The molecule has 2 aliphatic rings. The minimum absolute atomic E-state index is 0.212. The second kappa shape index (κ2) is 3.80. The Morgan fingerprint density at radius 2 is 1.71 bits per heavy atom. The standard InChI is InChI=1S/C11H20O3/c1-8-4-3-7-11(13-8)10(12)6-5-9(2)14-11/h8-10,12H,3-7H2,1-2H3/t8-,9-,10-,11+/m0/s1. The molecule has 2 rings (SSSR count). The monoisotopic (exact) mass is 200 g/mol. The van der Waals surface area contributed by atoms with Crippen LogP contribution in [0.4, 0.5) is 0 Å². The fourth-order valence-electron chi connectivity index (χ4n) is 2.52. The summed E-state index contributed by atoms with van der Waals surface area (Å²) < 4.78 is 11.7. The minimum atomic E-state index is -0.685. The van der Waals surface area contributed by atoms with Crippen LogP contribution in [0.1, 0.15) is 46.0 Å². The van der Waals surface area contributed by atoms with E-state index in [0.717, 1.165) is 32.1 Å². The Kier molecular flexibility index (Phi) is 2.82. The molecular formula is C11H20O3. The molecule has 2 saturated heterocycles. The molecule has 14 heavy (non-hydrogen) atoms. The fourth-order valence-corrected chi connectivity index (χ4v) is 2.52. The molecule has 2 aliphatic heterocycles. The van der Waals surface area contributed by atoms with Gasteiger partial charge in [0.15, 0.2) is 5.79 Å². The Balaban J connectivity index is 2.10. The van der Waals surface area contributed by atoms with Crippen molar-refractivity contribution in [3.8, 4) is 0 Å². The fraction of sp³-hybridized carbons (Fsp3) is 1.00. The van der Waals surface area contributed by atoms with Gasteiger partial charge in [-0.1, -0.05) is 0 Å². The highest BCUT2D eigenvalue weighted by molar-refractivity contribution is 4.88. The van der Waals surface area contributed by atoms with Gasteiger partial charge in [-0.15, -0.1) is 0 Å². The van der Waals surface area contributed by atoms with Crippen LogP contribution in [0.15, 0.2) is 0 Å². The Morgan fingerprint density at radius 3 is 2.36 bits per heavy atom. The lowest BCUT2D eigenvalue weighted by Crippen LogP contribution is -2.55. The summed E-state index contributed by atoms with van der Waals surface area (Å²) in [6, 6.07) is 0. The number of hydrogen-bond acceptors (Lipinski definition) is 3. The van der Waals surface area contributed by atoms with E-state index in [9.17, 15) is 5.11 Å². The molecule has 2 heterocycles. The van der Waals surface area contributed by atoms with Gasteiger partial charge in [0.25, 0.3) is 0 Å². The van der Waals surface area contributed by atoms with E-state index in [1.807, 2.05) is 0 Å². The number of ether oxygens (including phenoxy) is 2. The van der Waals surface area contributed by atoms with Gasteiger partial charge in [-0.2, -0.15) is 0 Å². The molecule has 0 amide bonds. The SMILES string of the molecule is C[C@H]1CCC[C@@]2(O1)O[C@@H](C)CC[C@@H]2O. The molecule has 1 N–H and O–H groups in total. The Labute approximate surface area is 85.4 Å². The van der Waals surface area contributed by atoms with Gasteiger partial charge in [-0.05, 0) is 39.5 Å². The van der Waals surface area contributed by atoms with Crippen molar-refractivity contribution in [1.29, 1.82) is 0 Å². The van der Waals surface area contributed by atoms with E-state index in [0.29, 0.717) is 0 Å². The maximum atomic E-state index is 9.97. The topological polar surface area (TPSA) is 38.7 Å². The molecule has 0 saturated carbocycles. The molecule has 0 bridgehead atoms. The highest BCUT2D eigenvalue weighted by atomic mass is 16.7. The summed E-state index contributed by atoms with van der Waals surface area (Å²) in [6.07, 6.45) is 4.71. The van der Waals surface area contributed by atoms with Gasteiger partial charge in [0, 0.05) is 6.42 Å². The van der Waals surface area contributed by atoms with Crippen LogP contribution in [-0.4, -0.2) is 29.2 Å². The normalized spacial score (nSPS) is 49.5. The lowest BCUT2D eigenvalue weighted by atomic mass is 9.91. The van der Waals surface area contributed by atoms with Crippen LogP contribution in [0.25, 0.3) is 0 Å². The smallest absolute Gasteiger partial charge is 0.194 e. The predicted octanol–water partition coefficient (Wildman–Crippen LogP) is 1.83. The number of hydrogen-bond donors (Lipinski definition) is 1. The summed E-state index contributed by atoms with van der Waals surface area (Å²) in [5.74, 6) is -0.685.